The lowest BCUT2D eigenvalue weighted by Gasteiger charge is -2.27. The molecule has 0 aromatic heterocycles. The molecule has 0 fully saturated rings. The number of nitrogens with zero attached hydrogens (tertiary/aromatic N) is 2. The van der Waals surface area contributed by atoms with E-state index in [9.17, 15) is 9.59 Å². The fourth-order valence-electron chi connectivity index (χ4n) is 2.25. The zero-order chi connectivity index (χ0) is 14.3. The van der Waals surface area contributed by atoms with E-state index in [1.807, 2.05) is 19.1 Å². The van der Waals surface area contributed by atoms with Crippen LogP contribution in [0.5, 0.6) is 5.75 Å². The summed E-state index contributed by atoms with van der Waals surface area (Å²) in [6.45, 7) is 1.90. The van der Waals surface area contributed by atoms with Gasteiger partial charge in [-0.15, -0.1) is 0 Å². The second-order valence-corrected chi connectivity index (χ2v) is 4.73. The highest BCUT2D eigenvalue weighted by Crippen LogP contribution is 2.32. The summed E-state index contributed by atoms with van der Waals surface area (Å²) in [5.74, 6) is 0.566. The molecule has 0 bridgehead atoms. The standard InChI is InChI=1S/C13H14N4O3/c1-7-12(15-16-13(19)14-7)8-3-4-10-9(5-8)17(2)11(18)6-20-10/h3-5,7H,6H2,1-2H3,(H2,14,16,19). The van der Waals surface area contributed by atoms with Crippen LogP contribution >= 0.6 is 0 Å². The van der Waals surface area contributed by atoms with Crippen molar-refractivity contribution in [1.29, 1.82) is 0 Å². The average molecular weight is 274 g/mol. The van der Waals surface area contributed by atoms with Crippen molar-refractivity contribution in [3.63, 3.8) is 0 Å². The Kier molecular flexibility index (Phi) is 2.81. The van der Waals surface area contributed by atoms with E-state index in [1.54, 1.807) is 18.0 Å². The molecule has 0 saturated carbocycles. The van der Waals surface area contributed by atoms with Gasteiger partial charge in [-0.1, -0.05) is 0 Å². The van der Waals surface area contributed by atoms with Crippen LogP contribution in [0.25, 0.3) is 0 Å². The number of likely N-dealkylation sites (N-methyl/N-ethyl adjacent to an activating group) is 1. The first-order valence-electron chi connectivity index (χ1n) is 6.24. The van der Waals surface area contributed by atoms with Crippen LogP contribution in [0.1, 0.15) is 12.5 Å². The molecule has 1 aromatic carbocycles. The van der Waals surface area contributed by atoms with Gasteiger partial charge in [-0.25, -0.2) is 10.2 Å². The molecule has 0 spiro atoms. The molecule has 1 unspecified atom stereocenters. The zero-order valence-electron chi connectivity index (χ0n) is 11.1. The number of benzene rings is 1. The maximum absolute atomic E-state index is 11.7. The molecular weight excluding hydrogens is 260 g/mol. The highest BCUT2D eigenvalue weighted by atomic mass is 16.5. The molecule has 3 amide bonds. The number of amides is 3. The van der Waals surface area contributed by atoms with E-state index >= 15 is 0 Å². The predicted molar refractivity (Wildman–Crippen MR) is 73.0 cm³/mol. The predicted octanol–water partition coefficient (Wildman–Crippen LogP) is 0.447. The van der Waals surface area contributed by atoms with Crippen molar-refractivity contribution >= 4 is 23.3 Å². The van der Waals surface area contributed by atoms with Crippen molar-refractivity contribution in [2.75, 3.05) is 18.6 Å². The molecule has 0 saturated heterocycles. The smallest absolute Gasteiger partial charge is 0.335 e. The van der Waals surface area contributed by atoms with Crippen molar-refractivity contribution in [3.8, 4) is 5.75 Å². The molecule has 3 rings (SSSR count). The third kappa shape index (κ3) is 1.97. The monoisotopic (exact) mass is 274 g/mol. The largest absolute Gasteiger partial charge is 0.482 e. The molecule has 0 radical (unpaired) electrons. The number of ether oxygens (including phenoxy) is 1. The van der Waals surface area contributed by atoms with E-state index in [0.717, 1.165) is 5.56 Å². The highest BCUT2D eigenvalue weighted by Gasteiger charge is 2.25. The number of urea groups is 1. The first-order valence-corrected chi connectivity index (χ1v) is 6.24. The zero-order valence-corrected chi connectivity index (χ0v) is 11.1. The van der Waals surface area contributed by atoms with Gasteiger partial charge in [-0.3, -0.25) is 4.79 Å². The SMILES string of the molecule is CC1NC(=O)NN=C1c1ccc2c(c1)N(C)C(=O)CO2. The molecule has 2 aliphatic rings. The Balaban J connectivity index is 2.00. The van der Waals surface area contributed by atoms with Gasteiger partial charge < -0.3 is 15.0 Å². The number of anilines is 1. The van der Waals surface area contributed by atoms with E-state index in [4.69, 9.17) is 4.74 Å². The van der Waals surface area contributed by atoms with Crippen LogP contribution in [0.15, 0.2) is 23.3 Å². The summed E-state index contributed by atoms with van der Waals surface area (Å²) >= 11 is 0. The summed E-state index contributed by atoms with van der Waals surface area (Å²) in [5.41, 5.74) is 4.62. The van der Waals surface area contributed by atoms with Crippen molar-refractivity contribution < 1.29 is 14.3 Å². The Labute approximate surface area is 115 Å². The molecule has 0 aliphatic carbocycles. The minimum Gasteiger partial charge on any atom is -0.482 e. The van der Waals surface area contributed by atoms with Gasteiger partial charge >= 0.3 is 6.03 Å². The van der Waals surface area contributed by atoms with Crippen LogP contribution in [0.3, 0.4) is 0 Å². The lowest BCUT2D eigenvalue weighted by atomic mass is 10.0. The number of carbonyl (C=O) groups excluding carboxylic acids is 2. The van der Waals surface area contributed by atoms with Gasteiger partial charge in [0.1, 0.15) is 5.75 Å². The van der Waals surface area contributed by atoms with Crippen LogP contribution in [0, 0.1) is 0 Å². The van der Waals surface area contributed by atoms with E-state index in [-0.39, 0.29) is 24.6 Å². The van der Waals surface area contributed by atoms with E-state index in [1.165, 1.54) is 0 Å². The number of rotatable bonds is 1. The van der Waals surface area contributed by atoms with Crippen molar-refractivity contribution in [2.45, 2.75) is 13.0 Å². The van der Waals surface area contributed by atoms with Gasteiger partial charge in [0.2, 0.25) is 0 Å². The van der Waals surface area contributed by atoms with Crippen LogP contribution < -0.4 is 20.4 Å². The first kappa shape index (κ1) is 12.5. The van der Waals surface area contributed by atoms with E-state index < -0.39 is 0 Å². The molecule has 1 aromatic rings. The Morgan fingerprint density at radius 1 is 1.40 bits per heavy atom. The third-order valence-corrected chi connectivity index (χ3v) is 3.38. The molecule has 2 aliphatic heterocycles. The summed E-state index contributed by atoms with van der Waals surface area (Å²) in [6.07, 6.45) is 0. The minimum absolute atomic E-state index is 0.0534. The molecule has 104 valence electrons. The fraction of sp³-hybridized carbons (Fsp3) is 0.308. The van der Waals surface area contributed by atoms with Crippen LogP contribution in [-0.4, -0.2) is 37.3 Å². The normalized spacial score (nSPS) is 21.4. The van der Waals surface area contributed by atoms with Gasteiger partial charge in [0, 0.05) is 12.6 Å². The number of hydrogen-bond acceptors (Lipinski definition) is 4. The summed E-state index contributed by atoms with van der Waals surface area (Å²) in [4.78, 5) is 24.4. The van der Waals surface area contributed by atoms with Gasteiger partial charge in [0.25, 0.3) is 5.91 Å². The molecule has 7 nitrogen and oxygen atoms in total. The van der Waals surface area contributed by atoms with E-state index in [2.05, 4.69) is 15.8 Å². The van der Waals surface area contributed by atoms with Crippen LogP contribution in [0.2, 0.25) is 0 Å². The average Bonchev–Trinajstić information content (AvgIpc) is 2.43. The molecule has 2 N–H and O–H groups in total. The molecule has 2 heterocycles. The summed E-state index contributed by atoms with van der Waals surface area (Å²) < 4.78 is 5.38. The van der Waals surface area contributed by atoms with Gasteiger partial charge in [0.15, 0.2) is 6.61 Å². The van der Waals surface area contributed by atoms with Gasteiger partial charge in [-0.2, -0.15) is 5.10 Å². The number of fused-ring (bicyclic) bond motifs is 1. The second kappa shape index (κ2) is 4.52. The Hall–Kier alpha value is -2.57. The van der Waals surface area contributed by atoms with Crippen molar-refractivity contribution in [3.05, 3.63) is 23.8 Å². The summed E-state index contributed by atoms with van der Waals surface area (Å²) in [6, 6.07) is 4.97. The fourth-order valence-corrected chi connectivity index (χ4v) is 2.25. The highest BCUT2D eigenvalue weighted by molar-refractivity contribution is 6.09. The van der Waals surface area contributed by atoms with Crippen LogP contribution in [-0.2, 0) is 4.79 Å². The third-order valence-electron chi connectivity index (χ3n) is 3.38. The maximum Gasteiger partial charge on any atom is 0.335 e. The first-order chi connectivity index (χ1) is 9.56. The lowest BCUT2D eigenvalue weighted by Crippen LogP contribution is -2.48. The summed E-state index contributed by atoms with van der Waals surface area (Å²) in [7, 11) is 1.71. The number of hydrogen-bond donors (Lipinski definition) is 2. The number of hydrazone groups is 1. The molecule has 20 heavy (non-hydrogen) atoms. The van der Waals surface area contributed by atoms with Gasteiger partial charge in [-0.05, 0) is 25.1 Å². The number of carbonyl (C=O) groups is 2. The molecular formula is C13H14N4O3. The quantitative estimate of drug-likeness (QED) is 0.780. The minimum atomic E-state index is -0.324. The Morgan fingerprint density at radius 2 is 2.20 bits per heavy atom. The van der Waals surface area contributed by atoms with E-state index in [0.29, 0.717) is 17.1 Å². The molecule has 1 atom stereocenters. The van der Waals surface area contributed by atoms with Crippen molar-refractivity contribution in [1.82, 2.24) is 10.7 Å². The second-order valence-electron chi connectivity index (χ2n) is 4.73. The molecule has 7 heteroatoms. The Morgan fingerprint density at radius 3 is 2.95 bits per heavy atom. The number of nitrogens with one attached hydrogen (secondary N) is 2. The van der Waals surface area contributed by atoms with Gasteiger partial charge in [0.05, 0.1) is 17.4 Å². The topological polar surface area (TPSA) is 83.0 Å². The van der Waals surface area contributed by atoms with Crippen molar-refractivity contribution in [2.24, 2.45) is 5.10 Å². The van der Waals surface area contributed by atoms with Crippen LogP contribution in [0.4, 0.5) is 10.5 Å². The maximum atomic E-state index is 11.7. The Bertz CT molecular complexity index is 626. The lowest BCUT2D eigenvalue weighted by molar-refractivity contribution is -0.120. The summed E-state index contributed by atoms with van der Waals surface area (Å²) in [5, 5.41) is 6.80.